The Balaban J connectivity index is 0. The summed E-state index contributed by atoms with van der Waals surface area (Å²) in [5, 5.41) is 16.5. The van der Waals surface area contributed by atoms with E-state index in [1.54, 1.807) is 0 Å². The topological polar surface area (TPSA) is 40.5 Å². The standard InChI is InChI=1S/C4H10O2.CH4/c1-2-4(6)3-5;/h4-6H,2-3H2,1H3;1H4. The average molecular weight is 106 g/mol. The first-order chi connectivity index (χ1) is 2.81. The normalized spacial score (nSPS) is 12.4. The molecule has 0 aromatic carbocycles. The molecule has 0 fully saturated rings. The highest BCUT2D eigenvalue weighted by molar-refractivity contribution is 4.43. The summed E-state index contributed by atoms with van der Waals surface area (Å²) in [6, 6.07) is 0. The van der Waals surface area contributed by atoms with Crippen LogP contribution in [0, 0.1) is 0 Å². The van der Waals surface area contributed by atoms with Crippen LogP contribution in [0.3, 0.4) is 0 Å². The van der Waals surface area contributed by atoms with Crippen molar-refractivity contribution in [3.8, 4) is 0 Å². The first-order valence-electron chi connectivity index (χ1n) is 2.10. The van der Waals surface area contributed by atoms with Crippen LogP contribution in [0.25, 0.3) is 0 Å². The van der Waals surface area contributed by atoms with Gasteiger partial charge >= 0.3 is 0 Å². The predicted molar refractivity (Wildman–Crippen MR) is 30.1 cm³/mol. The first kappa shape index (κ1) is 10.0. The van der Waals surface area contributed by atoms with E-state index in [1.165, 1.54) is 0 Å². The molecule has 0 radical (unpaired) electrons. The molecule has 0 aliphatic rings. The van der Waals surface area contributed by atoms with Crippen molar-refractivity contribution in [1.29, 1.82) is 0 Å². The fourth-order valence-corrected chi connectivity index (χ4v) is 0.129. The summed E-state index contributed by atoms with van der Waals surface area (Å²) in [5.41, 5.74) is 0. The summed E-state index contributed by atoms with van der Waals surface area (Å²) in [4.78, 5) is 0. The van der Waals surface area contributed by atoms with Gasteiger partial charge in [-0.2, -0.15) is 0 Å². The minimum Gasteiger partial charge on any atom is -0.394 e. The van der Waals surface area contributed by atoms with E-state index in [4.69, 9.17) is 10.2 Å². The van der Waals surface area contributed by atoms with Crippen LogP contribution in [-0.4, -0.2) is 22.9 Å². The molecular formula is C5H14O2. The largest absolute Gasteiger partial charge is 0.394 e. The summed E-state index contributed by atoms with van der Waals surface area (Å²) in [6.07, 6.45) is 0.126. The van der Waals surface area contributed by atoms with E-state index in [0.717, 1.165) is 0 Å². The lowest BCUT2D eigenvalue weighted by Crippen LogP contribution is -2.08. The van der Waals surface area contributed by atoms with Crippen molar-refractivity contribution in [3.05, 3.63) is 0 Å². The fourth-order valence-electron chi connectivity index (χ4n) is 0.129. The van der Waals surface area contributed by atoms with Crippen molar-refractivity contribution in [3.63, 3.8) is 0 Å². The Kier molecular flexibility index (Phi) is 8.47. The van der Waals surface area contributed by atoms with Crippen molar-refractivity contribution in [2.24, 2.45) is 0 Å². The van der Waals surface area contributed by atoms with Gasteiger partial charge in [-0.3, -0.25) is 0 Å². The van der Waals surface area contributed by atoms with Crippen LogP contribution in [-0.2, 0) is 0 Å². The Morgan fingerprint density at radius 1 is 1.57 bits per heavy atom. The third-order valence-electron chi connectivity index (χ3n) is 0.682. The van der Waals surface area contributed by atoms with E-state index in [0.29, 0.717) is 6.42 Å². The molecule has 0 aromatic rings. The van der Waals surface area contributed by atoms with Gasteiger partial charge in [-0.05, 0) is 6.42 Å². The van der Waals surface area contributed by atoms with Crippen LogP contribution in [0.5, 0.6) is 0 Å². The van der Waals surface area contributed by atoms with Gasteiger partial charge in [0.2, 0.25) is 0 Å². The molecule has 0 saturated carbocycles. The van der Waals surface area contributed by atoms with Crippen LogP contribution < -0.4 is 0 Å². The minimum atomic E-state index is -0.509. The summed E-state index contributed by atoms with van der Waals surface area (Å²) in [7, 11) is 0. The Hall–Kier alpha value is -0.0800. The van der Waals surface area contributed by atoms with Crippen LogP contribution in [0.2, 0.25) is 0 Å². The maximum Gasteiger partial charge on any atom is 0.0768 e. The second-order valence-corrected chi connectivity index (χ2v) is 1.24. The first-order valence-corrected chi connectivity index (χ1v) is 2.10. The summed E-state index contributed by atoms with van der Waals surface area (Å²) in [6.45, 7) is 1.71. The molecule has 2 heteroatoms. The molecule has 7 heavy (non-hydrogen) atoms. The second-order valence-electron chi connectivity index (χ2n) is 1.24. The van der Waals surface area contributed by atoms with Crippen molar-refractivity contribution in [2.45, 2.75) is 26.9 Å². The molecule has 0 spiro atoms. The van der Waals surface area contributed by atoms with E-state index < -0.39 is 6.10 Å². The van der Waals surface area contributed by atoms with Crippen molar-refractivity contribution < 1.29 is 10.2 Å². The molecule has 0 aromatic heterocycles. The predicted octanol–water partition coefficient (Wildman–Crippen LogP) is 0.386. The van der Waals surface area contributed by atoms with Gasteiger partial charge in [-0.15, -0.1) is 0 Å². The van der Waals surface area contributed by atoms with Gasteiger partial charge in [0.05, 0.1) is 12.7 Å². The Labute approximate surface area is 44.8 Å². The highest BCUT2D eigenvalue weighted by atomic mass is 16.3. The summed E-state index contributed by atoms with van der Waals surface area (Å²) in [5.74, 6) is 0. The molecule has 1 atom stereocenters. The number of aliphatic hydroxyl groups is 2. The van der Waals surface area contributed by atoms with Crippen LogP contribution in [0.1, 0.15) is 20.8 Å². The third-order valence-corrected chi connectivity index (χ3v) is 0.682. The highest BCUT2D eigenvalue weighted by Crippen LogP contribution is 1.83. The van der Waals surface area contributed by atoms with Crippen molar-refractivity contribution >= 4 is 0 Å². The van der Waals surface area contributed by atoms with Gasteiger partial charge in [0.15, 0.2) is 0 Å². The van der Waals surface area contributed by atoms with Crippen molar-refractivity contribution in [2.75, 3.05) is 6.61 Å². The molecule has 0 rings (SSSR count). The van der Waals surface area contributed by atoms with Crippen molar-refractivity contribution in [1.82, 2.24) is 0 Å². The smallest absolute Gasteiger partial charge is 0.0768 e. The minimum absolute atomic E-state index is 0. The molecule has 0 saturated heterocycles. The molecule has 2 N–H and O–H groups in total. The Bertz CT molecular complexity index is 25.3. The fraction of sp³-hybridized carbons (Fsp3) is 1.00. The van der Waals surface area contributed by atoms with Gasteiger partial charge in [-0.25, -0.2) is 0 Å². The highest BCUT2D eigenvalue weighted by Gasteiger charge is 1.92. The number of rotatable bonds is 2. The molecular weight excluding hydrogens is 92.1 g/mol. The SMILES string of the molecule is C.CCC(O)CO. The maximum atomic E-state index is 8.42. The van der Waals surface area contributed by atoms with E-state index in [2.05, 4.69) is 0 Å². The number of hydrogen-bond acceptors (Lipinski definition) is 2. The molecule has 1 unspecified atom stereocenters. The van der Waals surface area contributed by atoms with Gasteiger partial charge in [0.25, 0.3) is 0 Å². The molecule has 46 valence electrons. The van der Waals surface area contributed by atoms with Gasteiger partial charge in [0, 0.05) is 0 Å². The summed E-state index contributed by atoms with van der Waals surface area (Å²) >= 11 is 0. The van der Waals surface area contributed by atoms with Crippen LogP contribution in [0.15, 0.2) is 0 Å². The zero-order valence-electron chi connectivity index (χ0n) is 3.89. The second kappa shape index (κ2) is 5.92. The lowest BCUT2D eigenvalue weighted by Gasteiger charge is -1.97. The average Bonchev–Trinajstić information content (AvgIpc) is 1.65. The maximum absolute atomic E-state index is 8.42. The third kappa shape index (κ3) is 5.92. The van der Waals surface area contributed by atoms with E-state index >= 15 is 0 Å². The van der Waals surface area contributed by atoms with Gasteiger partial charge in [0.1, 0.15) is 0 Å². The van der Waals surface area contributed by atoms with Gasteiger partial charge < -0.3 is 10.2 Å². The molecule has 2 nitrogen and oxygen atoms in total. The van der Waals surface area contributed by atoms with Gasteiger partial charge in [-0.1, -0.05) is 14.4 Å². The monoisotopic (exact) mass is 106 g/mol. The molecule has 0 heterocycles. The molecule has 0 bridgehead atoms. The molecule has 0 amide bonds. The van der Waals surface area contributed by atoms with E-state index in [-0.39, 0.29) is 14.0 Å². The molecule has 0 aliphatic heterocycles. The lowest BCUT2D eigenvalue weighted by atomic mass is 10.3. The lowest BCUT2D eigenvalue weighted by molar-refractivity contribution is 0.0923. The van der Waals surface area contributed by atoms with Crippen LogP contribution >= 0.6 is 0 Å². The van der Waals surface area contributed by atoms with Crippen LogP contribution in [0.4, 0.5) is 0 Å². The zero-order chi connectivity index (χ0) is 4.99. The van der Waals surface area contributed by atoms with E-state index in [9.17, 15) is 0 Å². The Morgan fingerprint density at radius 3 is 2.00 bits per heavy atom. The number of aliphatic hydroxyl groups excluding tert-OH is 2. The Morgan fingerprint density at radius 2 is 2.00 bits per heavy atom. The zero-order valence-corrected chi connectivity index (χ0v) is 3.89. The summed E-state index contributed by atoms with van der Waals surface area (Å²) < 4.78 is 0. The molecule has 0 aliphatic carbocycles. The quantitative estimate of drug-likeness (QED) is 0.534. The number of hydrogen-bond donors (Lipinski definition) is 2. The van der Waals surface area contributed by atoms with E-state index in [1.807, 2.05) is 6.92 Å².